The highest BCUT2D eigenvalue weighted by atomic mass is 35.5. The maximum Gasteiger partial charge on any atom is 0.255 e. The summed E-state index contributed by atoms with van der Waals surface area (Å²) in [7, 11) is 0. The van der Waals surface area contributed by atoms with Crippen LogP contribution in [0.15, 0.2) is 16.2 Å². The number of hydrogen-bond acceptors (Lipinski definition) is 4. The summed E-state index contributed by atoms with van der Waals surface area (Å²) in [6, 6.07) is 1.83. The average Bonchev–Trinajstić information content (AvgIpc) is 2.76. The summed E-state index contributed by atoms with van der Waals surface area (Å²) in [5.74, 6) is 2.43. The molecule has 88 valence electrons. The molecule has 3 rings (SSSR count). The number of aromatic nitrogens is 2. The highest BCUT2D eigenvalue weighted by Gasteiger charge is 2.16. The second kappa shape index (κ2) is 4.48. The number of aromatic amines is 1. The standard InChI is InChI=1S/C11H9ClN2OS2/c12-9-3-6(4-17-9)10-13-8-1-2-16-5-7(8)11(15)14-10/h3-4H,1-2,5H2,(H,13,14,15). The van der Waals surface area contributed by atoms with Gasteiger partial charge in [0, 0.05) is 22.3 Å². The molecule has 0 saturated carbocycles. The number of fused-ring (bicyclic) bond motifs is 1. The lowest BCUT2D eigenvalue weighted by Crippen LogP contribution is -2.21. The van der Waals surface area contributed by atoms with Crippen LogP contribution in [0.1, 0.15) is 11.3 Å². The molecule has 0 unspecified atom stereocenters. The van der Waals surface area contributed by atoms with E-state index in [-0.39, 0.29) is 5.56 Å². The van der Waals surface area contributed by atoms with E-state index in [2.05, 4.69) is 9.97 Å². The van der Waals surface area contributed by atoms with Crippen molar-refractivity contribution in [2.45, 2.75) is 12.2 Å². The Balaban J connectivity index is 2.13. The molecule has 3 nitrogen and oxygen atoms in total. The molecule has 6 heteroatoms. The number of nitrogens with zero attached hydrogens (tertiary/aromatic N) is 1. The first kappa shape index (κ1) is 11.3. The lowest BCUT2D eigenvalue weighted by Gasteiger charge is -2.13. The minimum absolute atomic E-state index is 0.0143. The van der Waals surface area contributed by atoms with E-state index in [4.69, 9.17) is 11.6 Å². The molecule has 0 saturated heterocycles. The van der Waals surface area contributed by atoms with Gasteiger partial charge in [-0.25, -0.2) is 4.98 Å². The average molecular weight is 285 g/mol. The number of nitrogens with one attached hydrogen (secondary N) is 1. The molecule has 1 N–H and O–H groups in total. The van der Waals surface area contributed by atoms with Gasteiger partial charge in [-0.05, 0) is 18.2 Å². The van der Waals surface area contributed by atoms with E-state index in [1.165, 1.54) is 11.3 Å². The zero-order valence-corrected chi connectivity index (χ0v) is 11.2. The van der Waals surface area contributed by atoms with Crippen LogP contribution in [0.2, 0.25) is 4.34 Å². The molecule has 2 aromatic heterocycles. The van der Waals surface area contributed by atoms with Gasteiger partial charge in [0.25, 0.3) is 5.56 Å². The normalized spacial score (nSPS) is 14.6. The van der Waals surface area contributed by atoms with Crippen LogP contribution in [0.5, 0.6) is 0 Å². The lowest BCUT2D eigenvalue weighted by molar-refractivity contribution is 0.939. The van der Waals surface area contributed by atoms with Crippen LogP contribution in [0, 0.1) is 0 Å². The summed E-state index contributed by atoms with van der Waals surface area (Å²) < 4.78 is 0.705. The third kappa shape index (κ3) is 2.14. The number of thiophene rings is 1. The number of rotatable bonds is 1. The molecule has 17 heavy (non-hydrogen) atoms. The smallest absolute Gasteiger partial charge is 0.255 e. The van der Waals surface area contributed by atoms with Crippen LogP contribution >= 0.6 is 34.7 Å². The van der Waals surface area contributed by atoms with Gasteiger partial charge in [0.2, 0.25) is 0 Å². The fourth-order valence-electron chi connectivity index (χ4n) is 1.81. The first-order valence-electron chi connectivity index (χ1n) is 5.18. The molecule has 0 fully saturated rings. The first-order chi connectivity index (χ1) is 8.24. The van der Waals surface area contributed by atoms with Crippen molar-refractivity contribution in [3.8, 4) is 11.4 Å². The number of hydrogen-bond donors (Lipinski definition) is 1. The van der Waals surface area contributed by atoms with Gasteiger partial charge in [-0.3, -0.25) is 4.79 Å². The summed E-state index contributed by atoms with van der Waals surface area (Å²) in [5, 5.41) is 1.91. The van der Waals surface area contributed by atoms with Gasteiger partial charge in [-0.15, -0.1) is 11.3 Å². The maximum atomic E-state index is 11.9. The summed E-state index contributed by atoms with van der Waals surface area (Å²) in [4.78, 5) is 19.3. The quantitative estimate of drug-likeness (QED) is 0.876. The zero-order valence-electron chi connectivity index (χ0n) is 8.83. The van der Waals surface area contributed by atoms with Crippen molar-refractivity contribution < 1.29 is 0 Å². The first-order valence-corrected chi connectivity index (χ1v) is 7.59. The second-order valence-corrected chi connectivity index (χ2v) is 6.43. The van der Waals surface area contributed by atoms with E-state index in [9.17, 15) is 4.79 Å². The van der Waals surface area contributed by atoms with Crippen molar-refractivity contribution >= 4 is 34.7 Å². The molecule has 1 aliphatic rings. The summed E-state index contributed by atoms with van der Waals surface area (Å²) in [6.07, 6.45) is 0.870. The minimum Gasteiger partial charge on any atom is -0.306 e. The fourth-order valence-corrected chi connectivity index (χ4v) is 3.66. The second-order valence-electron chi connectivity index (χ2n) is 3.78. The van der Waals surface area contributed by atoms with Crippen molar-refractivity contribution in [1.29, 1.82) is 0 Å². The van der Waals surface area contributed by atoms with Crippen molar-refractivity contribution in [2.24, 2.45) is 0 Å². The van der Waals surface area contributed by atoms with E-state index in [0.717, 1.165) is 34.7 Å². The van der Waals surface area contributed by atoms with E-state index in [1.807, 2.05) is 11.4 Å². The van der Waals surface area contributed by atoms with Crippen molar-refractivity contribution in [2.75, 3.05) is 5.75 Å². The third-order valence-electron chi connectivity index (χ3n) is 2.67. The third-order valence-corrected chi connectivity index (χ3v) is 4.75. The minimum atomic E-state index is -0.0143. The number of halogens is 1. The molecule has 0 amide bonds. The lowest BCUT2D eigenvalue weighted by atomic mass is 10.2. The SMILES string of the molecule is O=c1[nH]c(-c2csc(Cl)c2)nc2c1CSCC2. The fraction of sp³-hybridized carbons (Fsp3) is 0.273. The van der Waals surface area contributed by atoms with Crippen molar-refractivity contribution in [3.05, 3.63) is 37.4 Å². The summed E-state index contributed by atoms with van der Waals surface area (Å²) >= 11 is 9.11. The van der Waals surface area contributed by atoms with Gasteiger partial charge in [-0.1, -0.05) is 11.6 Å². The Morgan fingerprint density at radius 1 is 1.47 bits per heavy atom. The Morgan fingerprint density at radius 3 is 3.12 bits per heavy atom. The molecule has 0 aliphatic carbocycles. The van der Waals surface area contributed by atoms with Crippen LogP contribution in [-0.2, 0) is 12.2 Å². The van der Waals surface area contributed by atoms with Crippen LogP contribution in [0.4, 0.5) is 0 Å². The molecular weight excluding hydrogens is 276 g/mol. The highest BCUT2D eigenvalue weighted by Crippen LogP contribution is 2.27. The van der Waals surface area contributed by atoms with E-state index in [0.29, 0.717) is 10.2 Å². The van der Waals surface area contributed by atoms with Gasteiger partial charge in [0.15, 0.2) is 0 Å². The Morgan fingerprint density at radius 2 is 2.35 bits per heavy atom. The van der Waals surface area contributed by atoms with Crippen LogP contribution in [0.25, 0.3) is 11.4 Å². The van der Waals surface area contributed by atoms with Gasteiger partial charge < -0.3 is 4.98 Å². The van der Waals surface area contributed by atoms with Crippen LogP contribution in [-0.4, -0.2) is 15.7 Å². The Kier molecular flexibility index (Phi) is 2.98. The summed E-state index contributed by atoms with van der Waals surface area (Å²) in [6.45, 7) is 0. The van der Waals surface area contributed by atoms with Gasteiger partial charge >= 0.3 is 0 Å². The Hall–Kier alpha value is -0.780. The molecule has 0 spiro atoms. The van der Waals surface area contributed by atoms with E-state index >= 15 is 0 Å². The monoisotopic (exact) mass is 284 g/mol. The number of thioether (sulfide) groups is 1. The van der Waals surface area contributed by atoms with Gasteiger partial charge in [0.1, 0.15) is 5.82 Å². The van der Waals surface area contributed by atoms with Crippen LogP contribution in [0.3, 0.4) is 0 Å². The molecular formula is C11H9ClN2OS2. The van der Waals surface area contributed by atoms with E-state index < -0.39 is 0 Å². The number of aryl methyl sites for hydroxylation is 1. The maximum absolute atomic E-state index is 11.9. The predicted molar refractivity (Wildman–Crippen MR) is 73.0 cm³/mol. The zero-order chi connectivity index (χ0) is 11.8. The van der Waals surface area contributed by atoms with Crippen molar-refractivity contribution in [1.82, 2.24) is 9.97 Å². The Labute approximate surface area is 111 Å². The molecule has 2 aromatic rings. The highest BCUT2D eigenvalue weighted by molar-refractivity contribution is 7.98. The molecule has 0 radical (unpaired) electrons. The largest absolute Gasteiger partial charge is 0.306 e. The van der Waals surface area contributed by atoms with Crippen LogP contribution < -0.4 is 5.56 Å². The van der Waals surface area contributed by atoms with E-state index in [1.54, 1.807) is 11.8 Å². The predicted octanol–water partition coefficient (Wildman–Crippen LogP) is 2.94. The number of H-pyrrole nitrogens is 1. The summed E-state index contributed by atoms with van der Waals surface area (Å²) in [5.41, 5.74) is 2.63. The molecule has 0 aromatic carbocycles. The molecule has 3 heterocycles. The molecule has 1 aliphatic heterocycles. The Bertz CT molecular complexity index is 620. The topological polar surface area (TPSA) is 45.8 Å². The van der Waals surface area contributed by atoms with Crippen molar-refractivity contribution in [3.63, 3.8) is 0 Å². The van der Waals surface area contributed by atoms with Gasteiger partial charge in [0.05, 0.1) is 10.0 Å². The molecule has 0 bridgehead atoms. The molecule has 0 atom stereocenters. The van der Waals surface area contributed by atoms with Gasteiger partial charge in [-0.2, -0.15) is 11.8 Å².